The highest BCUT2D eigenvalue weighted by Gasteiger charge is 2.11. The highest BCUT2D eigenvalue weighted by Crippen LogP contribution is 2.28. The number of carbonyl (C=O) groups is 1. The van der Waals surface area contributed by atoms with E-state index in [1.54, 1.807) is 18.2 Å². The Labute approximate surface area is 115 Å². The van der Waals surface area contributed by atoms with Gasteiger partial charge in [0.2, 0.25) is 0 Å². The molecule has 0 radical (unpaired) electrons. The zero-order valence-electron chi connectivity index (χ0n) is 8.41. The molecule has 2 aromatic rings. The number of amides is 1. The molecule has 2 rings (SSSR count). The molecule has 0 aliphatic heterocycles. The van der Waals surface area contributed by atoms with Gasteiger partial charge in [0.1, 0.15) is 5.75 Å². The molecule has 0 spiro atoms. The summed E-state index contributed by atoms with van der Waals surface area (Å²) in [5.74, 6) is -0.295. The summed E-state index contributed by atoms with van der Waals surface area (Å²) in [6.07, 6.45) is 0. The quantitative estimate of drug-likeness (QED) is 0.813. The number of aromatic hydroxyl groups is 1. The number of nitrogens with one attached hydrogen (secondary N) is 1. The number of benzene rings is 1. The van der Waals surface area contributed by atoms with E-state index >= 15 is 0 Å². The second-order valence-electron chi connectivity index (χ2n) is 3.22. The van der Waals surface area contributed by atoms with E-state index < -0.39 is 0 Å². The summed E-state index contributed by atoms with van der Waals surface area (Å²) in [5.41, 5.74) is 0.298. The summed E-state index contributed by atoms with van der Waals surface area (Å²) >= 11 is 10.4. The lowest BCUT2D eigenvalue weighted by molar-refractivity contribution is 0.103. The molecule has 0 bridgehead atoms. The van der Waals surface area contributed by atoms with E-state index in [-0.39, 0.29) is 11.7 Å². The lowest BCUT2D eigenvalue weighted by Gasteiger charge is -2.06. The molecule has 1 heterocycles. The van der Waals surface area contributed by atoms with Gasteiger partial charge < -0.3 is 10.4 Å². The molecular weight excluding hydrogens is 326 g/mol. The van der Waals surface area contributed by atoms with Gasteiger partial charge in [-0.15, -0.1) is 11.3 Å². The highest BCUT2D eigenvalue weighted by atomic mass is 79.9. The van der Waals surface area contributed by atoms with Gasteiger partial charge in [-0.1, -0.05) is 11.6 Å². The Balaban J connectivity index is 2.21. The summed E-state index contributed by atoms with van der Waals surface area (Å²) in [4.78, 5) is 12.4. The number of hydrogen-bond acceptors (Lipinski definition) is 3. The first-order valence-electron chi connectivity index (χ1n) is 4.61. The van der Waals surface area contributed by atoms with Crippen molar-refractivity contribution in [2.45, 2.75) is 0 Å². The molecule has 0 saturated carbocycles. The van der Waals surface area contributed by atoms with Gasteiger partial charge in [0.25, 0.3) is 5.91 Å². The van der Waals surface area contributed by atoms with Crippen LogP contribution in [0.25, 0.3) is 0 Å². The number of anilines is 1. The molecule has 0 aliphatic carbocycles. The average Bonchev–Trinajstić information content (AvgIpc) is 2.70. The fourth-order valence-corrected chi connectivity index (χ4v) is 2.68. The molecule has 3 nitrogen and oxygen atoms in total. The Hall–Kier alpha value is -1.04. The zero-order valence-corrected chi connectivity index (χ0v) is 11.6. The fraction of sp³-hybridized carbons (Fsp3) is 0. The van der Waals surface area contributed by atoms with Crippen molar-refractivity contribution in [1.82, 2.24) is 0 Å². The molecule has 1 amide bonds. The van der Waals surface area contributed by atoms with Crippen LogP contribution in [0.5, 0.6) is 5.75 Å². The lowest BCUT2D eigenvalue weighted by atomic mass is 10.3. The summed E-state index contributed by atoms with van der Waals surface area (Å²) in [5, 5.41) is 12.6. The van der Waals surface area contributed by atoms with Crippen LogP contribution in [0.3, 0.4) is 0 Å². The molecule has 0 unspecified atom stereocenters. The lowest BCUT2D eigenvalue weighted by Crippen LogP contribution is -2.10. The van der Waals surface area contributed by atoms with Gasteiger partial charge >= 0.3 is 0 Å². The van der Waals surface area contributed by atoms with Crippen molar-refractivity contribution in [2.75, 3.05) is 5.32 Å². The minimum absolute atomic E-state index is 0.0154. The van der Waals surface area contributed by atoms with Crippen LogP contribution in [0, 0.1) is 0 Å². The number of halogens is 2. The van der Waals surface area contributed by atoms with Crippen molar-refractivity contribution in [1.29, 1.82) is 0 Å². The number of phenolic OH excluding ortho intramolecular Hbond substituents is 1. The Bertz CT molecular complexity index is 570. The Morgan fingerprint density at radius 1 is 1.35 bits per heavy atom. The van der Waals surface area contributed by atoms with E-state index in [0.29, 0.717) is 15.6 Å². The molecule has 0 fully saturated rings. The predicted octanol–water partition coefficient (Wildman–Crippen LogP) is 4.12. The Morgan fingerprint density at radius 2 is 2.12 bits per heavy atom. The normalized spacial score (nSPS) is 10.2. The third-order valence-corrected chi connectivity index (χ3v) is 3.86. The summed E-state index contributed by atoms with van der Waals surface area (Å²) in [6, 6.07) is 7.97. The van der Waals surface area contributed by atoms with Crippen molar-refractivity contribution in [3.8, 4) is 5.75 Å². The predicted molar refractivity (Wildman–Crippen MR) is 73.1 cm³/mol. The second-order valence-corrected chi connectivity index (χ2v) is 6.12. The molecule has 0 atom stereocenters. The van der Waals surface area contributed by atoms with Crippen molar-refractivity contribution in [2.24, 2.45) is 0 Å². The van der Waals surface area contributed by atoms with E-state index in [2.05, 4.69) is 21.2 Å². The first-order chi connectivity index (χ1) is 8.06. The van der Waals surface area contributed by atoms with Gasteiger partial charge in [0.05, 0.1) is 14.4 Å². The SMILES string of the molecule is O=C(Nc1cc(Cl)ccc1O)c1ccc(Br)s1. The van der Waals surface area contributed by atoms with Crippen LogP contribution in [0.4, 0.5) is 5.69 Å². The molecule has 6 heteroatoms. The maximum atomic E-state index is 11.8. The molecule has 2 N–H and O–H groups in total. The van der Waals surface area contributed by atoms with E-state index in [1.165, 1.54) is 23.5 Å². The van der Waals surface area contributed by atoms with Gasteiger partial charge in [0, 0.05) is 5.02 Å². The number of phenols is 1. The first-order valence-corrected chi connectivity index (χ1v) is 6.60. The van der Waals surface area contributed by atoms with Crippen LogP contribution < -0.4 is 5.32 Å². The third-order valence-electron chi connectivity index (χ3n) is 2.00. The summed E-state index contributed by atoms with van der Waals surface area (Å²) < 4.78 is 0.873. The van der Waals surface area contributed by atoms with Crippen LogP contribution >= 0.6 is 38.9 Å². The van der Waals surface area contributed by atoms with Crippen molar-refractivity contribution in [3.05, 3.63) is 44.0 Å². The van der Waals surface area contributed by atoms with Gasteiger partial charge in [0.15, 0.2) is 0 Å². The molecular formula is C11H7BrClNO2S. The number of thiophene rings is 1. The van der Waals surface area contributed by atoms with E-state index in [0.717, 1.165) is 3.79 Å². The highest BCUT2D eigenvalue weighted by molar-refractivity contribution is 9.11. The van der Waals surface area contributed by atoms with Crippen LogP contribution in [-0.2, 0) is 0 Å². The minimum atomic E-state index is -0.279. The van der Waals surface area contributed by atoms with Crippen LogP contribution in [-0.4, -0.2) is 11.0 Å². The monoisotopic (exact) mass is 331 g/mol. The third kappa shape index (κ3) is 3.00. The number of hydrogen-bond donors (Lipinski definition) is 2. The summed E-state index contributed by atoms with van der Waals surface area (Å²) in [7, 11) is 0. The van der Waals surface area contributed by atoms with Gasteiger partial charge in [-0.3, -0.25) is 4.79 Å². The number of rotatable bonds is 2. The largest absolute Gasteiger partial charge is 0.506 e. The van der Waals surface area contributed by atoms with Gasteiger partial charge in [-0.05, 0) is 46.3 Å². The fourth-order valence-electron chi connectivity index (χ4n) is 1.23. The van der Waals surface area contributed by atoms with Gasteiger partial charge in [-0.2, -0.15) is 0 Å². The molecule has 1 aromatic carbocycles. The number of carbonyl (C=O) groups excluding carboxylic acids is 1. The second kappa shape index (κ2) is 5.08. The maximum Gasteiger partial charge on any atom is 0.265 e. The topological polar surface area (TPSA) is 49.3 Å². The van der Waals surface area contributed by atoms with E-state index in [1.807, 2.05) is 0 Å². The standard InChI is InChI=1S/C11H7BrClNO2S/c12-10-4-3-9(17-10)11(16)14-7-5-6(13)1-2-8(7)15/h1-5,15H,(H,14,16). The van der Waals surface area contributed by atoms with Crippen LogP contribution in [0.1, 0.15) is 9.67 Å². The molecule has 88 valence electrons. The first kappa shape index (κ1) is 12.4. The van der Waals surface area contributed by atoms with Crippen molar-refractivity contribution >= 4 is 50.5 Å². The smallest absolute Gasteiger partial charge is 0.265 e. The van der Waals surface area contributed by atoms with E-state index in [4.69, 9.17) is 11.6 Å². The average molecular weight is 333 g/mol. The molecule has 1 aromatic heterocycles. The van der Waals surface area contributed by atoms with E-state index in [9.17, 15) is 9.90 Å². The van der Waals surface area contributed by atoms with Gasteiger partial charge in [-0.25, -0.2) is 0 Å². The zero-order chi connectivity index (χ0) is 12.4. The van der Waals surface area contributed by atoms with Crippen LogP contribution in [0.15, 0.2) is 34.1 Å². The molecule has 17 heavy (non-hydrogen) atoms. The maximum absolute atomic E-state index is 11.8. The summed E-state index contributed by atoms with van der Waals surface area (Å²) in [6.45, 7) is 0. The van der Waals surface area contributed by atoms with Crippen molar-refractivity contribution < 1.29 is 9.90 Å². The molecule has 0 saturated heterocycles. The molecule has 0 aliphatic rings. The minimum Gasteiger partial charge on any atom is -0.506 e. The van der Waals surface area contributed by atoms with Crippen molar-refractivity contribution in [3.63, 3.8) is 0 Å². The Kier molecular flexibility index (Phi) is 3.71. The van der Waals surface area contributed by atoms with Crippen LogP contribution in [0.2, 0.25) is 5.02 Å². The Morgan fingerprint density at radius 3 is 2.76 bits per heavy atom.